The van der Waals surface area contributed by atoms with Crippen LogP contribution in [0.2, 0.25) is 0 Å². The monoisotopic (exact) mass is 451 g/mol. The van der Waals surface area contributed by atoms with Gasteiger partial charge in [-0.3, -0.25) is 4.79 Å². The third kappa shape index (κ3) is 4.69. The first-order valence-corrected chi connectivity index (χ1v) is 10.7. The van der Waals surface area contributed by atoms with Gasteiger partial charge in [-0.1, -0.05) is 6.07 Å². The van der Waals surface area contributed by atoms with Gasteiger partial charge in [0.25, 0.3) is 5.91 Å². The van der Waals surface area contributed by atoms with Crippen molar-refractivity contribution in [3.05, 3.63) is 41.1 Å². The summed E-state index contributed by atoms with van der Waals surface area (Å²) in [6.45, 7) is 0.267. The summed E-state index contributed by atoms with van der Waals surface area (Å²) >= 11 is 0. The number of aryl methyl sites for hydroxylation is 1. The fourth-order valence-electron chi connectivity index (χ4n) is 4.17. The Morgan fingerprint density at radius 1 is 1.25 bits per heavy atom. The average molecular weight is 451 g/mol. The second-order valence-corrected chi connectivity index (χ2v) is 8.87. The Morgan fingerprint density at radius 2 is 2.09 bits per heavy atom. The van der Waals surface area contributed by atoms with Crippen LogP contribution in [-0.4, -0.2) is 47.7 Å². The normalized spacial score (nSPS) is 21.0. The Bertz CT molecular complexity index is 989. The number of halogens is 3. The maximum atomic E-state index is 12.7. The molecule has 7 nitrogen and oxygen atoms in total. The number of ether oxygens (including phenoxy) is 3. The lowest BCUT2D eigenvalue weighted by Crippen LogP contribution is -2.43. The van der Waals surface area contributed by atoms with Crippen molar-refractivity contribution < 1.29 is 32.2 Å². The quantitative estimate of drug-likeness (QED) is 0.756. The number of nitrogens with one attached hydrogen (secondary N) is 1. The van der Waals surface area contributed by atoms with Gasteiger partial charge >= 0.3 is 6.18 Å². The van der Waals surface area contributed by atoms with Gasteiger partial charge in [-0.05, 0) is 48.9 Å². The Kier molecular flexibility index (Phi) is 5.27. The van der Waals surface area contributed by atoms with Crippen LogP contribution in [0.1, 0.15) is 40.9 Å². The summed E-state index contributed by atoms with van der Waals surface area (Å²) < 4.78 is 54.9. The molecule has 0 saturated heterocycles. The van der Waals surface area contributed by atoms with Crippen LogP contribution >= 0.6 is 0 Å². The molecule has 1 fully saturated rings. The maximum absolute atomic E-state index is 12.7. The summed E-state index contributed by atoms with van der Waals surface area (Å²) in [5, 5.41) is 7.35. The molecule has 2 aromatic rings. The van der Waals surface area contributed by atoms with Crippen LogP contribution in [0.25, 0.3) is 0 Å². The predicted octanol–water partition coefficient (Wildman–Crippen LogP) is 3.26. The molecule has 0 bridgehead atoms. The first kappa shape index (κ1) is 21.1. The summed E-state index contributed by atoms with van der Waals surface area (Å²) in [5.74, 6) is 0.968. The van der Waals surface area contributed by atoms with Gasteiger partial charge in [-0.15, -0.1) is 0 Å². The fraction of sp³-hybridized carbons (Fsp3) is 0.545. The molecular formula is C22H24F3N3O4. The highest BCUT2D eigenvalue weighted by atomic mass is 19.4. The van der Waals surface area contributed by atoms with Crippen LogP contribution in [0.15, 0.2) is 24.3 Å². The minimum absolute atomic E-state index is 0.148. The molecule has 1 aromatic heterocycles. The third-order valence-corrected chi connectivity index (χ3v) is 6.21. The molecule has 0 unspecified atom stereocenters. The number of aromatic nitrogens is 2. The van der Waals surface area contributed by atoms with Gasteiger partial charge in [-0.25, -0.2) is 4.68 Å². The van der Waals surface area contributed by atoms with E-state index in [0.717, 1.165) is 18.5 Å². The van der Waals surface area contributed by atoms with E-state index >= 15 is 0 Å². The largest absolute Gasteiger partial charge is 0.491 e. The average Bonchev–Trinajstić information content (AvgIpc) is 3.44. The van der Waals surface area contributed by atoms with E-state index in [1.165, 1.54) is 12.8 Å². The van der Waals surface area contributed by atoms with E-state index in [-0.39, 0.29) is 18.6 Å². The molecule has 1 spiro atoms. The van der Waals surface area contributed by atoms with Crippen molar-refractivity contribution >= 4 is 5.91 Å². The van der Waals surface area contributed by atoms with Crippen molar-refractivity contribution in [2.24, 2.45) is 5.41 Å². The Hall–Kier alpha value is -2.75. The Labute approximate surface area is 182 Å². The summed E-state index contributed by atoms with van der Waals surface area (Å²) in [7, 11) is 0. The predicted molar refractivity (Wildman–Crippen MR) is 107 cm³/mol. The van der Waals surface area contributed by atoms with E-state index in [4.69, 9.17) is 14.2 Å². The van der Waals surface area contributed by atoms with Crippen LogP contribution in [0.3, 0.4) is 0 Å². The molecule has 32 heavy (non-hydrogen) atoms. The van der Waals surface area contributed by atoms with E-state index in [2.05, 4.69) is 10.4 Å². The molecule has 1 aliphatic carbocycles. The summed E-state index contributed by atoms with van der Waals surface area (Å²) in [6, 6.07) is 6.54. The summed E-state index contributed by atoms with van der Waals surface area (Å²) in [6.07, 6.45) is -0.483. The van der Waals surface area contributed by atoms with E-state index in [9.17, 15) is 18.0 Å². The Morgan fingerprint density at radius 3 is 2.88 bits per heavy atom. The summed E-state index contributed by atoms with van der Waals surface area (Å²) in [4.78, 5) is 12.7. The molecule has 3 aliphatic rings. The van der Waals surface area contributed by atoms with Crippen LogP contribution in [-0.2, 0) is 24.3 Å². The highest BCUT2D eigenvalue weighted by Crippen LogP contribution is 2.50. The molecule has 1 aromatic carbocycles. The molecule has 3 heterocycles. The van der Waals surface area contributed by atoms with E-state index < -0.39 is 12.8 Å². The van der Waals surface area contributed by atoms with Gasteiger partial charge in [-0.2, -0.15) is 18.3 Å². The maximum Gasteiger partial charge on any atom is 0.411 e. The molecule has 10 heteroatoms. The second-order valence-electron chi connectivity index (χ2n) is 8.87. The minimum Gasteiger partial charge on any atom is -0.491 e. The number of amides is 1. The smallest absolute Gasteiger partial charge is 0.411 e. The molecule has 1 N–H and O–H groups in total. The lowest BCUT2D eigenvalue weighted by Gasteiger charge is -2.26. The zero-order valence-electron chi connectivity index (χ0n) is 17.4. The fourth-order valence-corrected chi connectivity index (χ4v) is 4.17. The molecule has 1 saturated carbocycles. The van der Waals surface area contributed by atoms with Crippen molar-refractivity contribution in [3.8, 4) is 11.6 Å². The third-order valence-electron chi connectivity index (χ3n) is 6.21. The number of carbonyl (C=O) groups is 1. The molecule has 1 amide bonds. The number of fused-ring (bicyclic) bond motifs is 2. The Balaban J connectivity index is 1.19. The second kappa shape index (κ2) is 7.99. The van der Waals surface area contributed by atoms with Crippen molar-refractivity contribution in [1.82, 2.24) is 15.1 Å². The summed E-state index contributed by atoms with van der Waals surface area (Å²) in [5.41, 5.74) is 2.03. The van der Waals surface area contributed by atoms with Crippen molar-refractivity contribution in [3.63, 3.8) is 0 Å². The highest BCUT2D eigenvalue weighted by molar-refractivity contribution is 5.92. The number of benzene rings is 1. The van der Waals surface area contributed by atoms with Crippen LogP contribution in [0.5, 0.6) is 11.6 Å². The van der Waals surface area contributed by atoms with Gasteiger partial charge in [0.2, 0.25) is 5.88 Å². The molecule has 172 valence electrons. The number of rotatable bonds is 5. The first-order chi connectivity index (χ1) is 15.3. The van der Waals surface area contributed by atoms with Gasteiger partial charge in [0.15, 0.2) is 5.69 Å². The number of hydrogen-bond donors (Lipinski definition) is 1. The molecular weight excluding hydrogens is 427 g/mol. The lowest BCUT2D eigenvalue weighted by atomic mass is 10.0. The van der Waals surface area contributed by atoms with E-state index in [1.54, 1.807) is 28.9 Å². The number of carbonyl (C=O) groups excluding carboxylic acids is 1. The molecule has 2 aliphatic heterocycles. The first-order valence-electron chi connectivity index (χ1n) is 10.7. The van der Waals surface area contributed by atoms with Gasteiger partial charge in [0.1, 0.15) is 19.0 Å². The van der Waals surface area contributed by atoms with E-state index in [1.807, 2.05) is 0 Å². The van der Waals surface area contributed by atoms with Gasteiger partial charge in [0, 0.05) is 18.0 Å². The van der Waals surface area contributed by atoms with Gasteiger partial charge < -0.3 is 19.5 Å². The zero-order valence-corrected chi connectivity index (χ0v) is 17.4. The number of alkyl halides is 3. The number of nitrogens with zero attached hydrogens (tertiary/aromatic N) is 2. The SMILES string of the molecule is O=C(N[C@H]1COc2ccc(COCC(F)(F)F)cc2C1)c1cc2n(n1)CCC1(CC1)CO2. The van der Waals surface area contributed by atoms with Crippen molar-refractivity contribution in [1.29, 1.82) is 0 Å². The molecule has 1 atom stereocenters. The van der Waals surface area contributed by atoms with Crippen LogP contribution < -0.4 is 14.8 Å². The zero-order chi connectivity index (χ0) is 22.3. The minimum atomic E-state index is -4.36. The topological polar surface area (TPSA) is 74.6 Å². The van der Waals surface area contributed by atoms with Gasteiger partial charge in [0.05, 0.1) is 19.3 Å². The standard InChI is InChI=1S/C22H24F3N3O4/c23-22(24,25)13-30-10-14-1-2-18-15(7-14)8-16(11-31-18)26-20(29)17-9-19-28(27-17)6-5-21(3-4-21)12-32-19/h1-2,7,9,16H,3-6,8,10-13H2,(H,26,29)/t16-/m1/s1. The van der Waals surface area contributed by atoms with Crippen molar-refractivity contribution in [2.75, 3.05) is 19.8 Å². The molecule has 0 radical (unpaired) electrons. The molecule has 5 rings (SSSR count). The highest BCUT2D eigenvalue weighted by Gasteiger charge is 2.44. The van der Waals surface area contributed by atoms with Crippen LogP contribution in [0, 0.1) is 5.41 Å². The lowest BCUT2D eigenvalue weighted by molar-refractivity contribution is -0.176. The number of hydrogen-bond acceptors (Lipinski definition) is 5. The van der Waals surface area contributed by atoms with Crippen LogP contribution in [0.4, 0.5) is 13.2 Å². The van der Waals surface area contributed by atoms with Crippen molar-refractivity contribution in [2.45, 2.75) is 51.1 Å². The van der Waals surface area contributed by atoms with E-state index in [0.29, 0.717) is 47.9 Å².